The molecule has 0 saturated carbocycles. The zero-order valence-corrected chi connectivity index (χ0v) is 27.3. The number of benzene rings is 7. The largest absolute Gasteiger partial charge is 0.456 e. The fourth-order valence-corrected chi connectivity index (χ4v) is 7.76. The molecule has 0 radical (unpaired) electrons. The molecule has 6 nitrogen and oxygen atoms in total. The minimum absolute atomic E-state index is 0.183. The molecule has 4 heterocycles. The zero-order valence-electron chi connectivity index (χ0n) is 27.3. The summed E-state index contributed by atoms with van der Waals surface area (Å²) in [5.41, 5.74) is 10.4. The van der Waals surface area contributed by atoms with Gasteiger partial charge in [-0.15, -0.1) is 0 Å². The van der Waals surface area contributed by atoms with Gasteiger partial charge in [0, 0.05) is 32.3 Å². The molecule has 0 aliphatic carbocycles. The Labute approximate surface area is 291 Å². The molecule has 242 valence electrons. The van der Waals surface area contributed by atoms with Gasteiger partial charge in [0.05, 0.1) is 5.56 Å². The average Bonchev–Trinajstić information content (AvgIpc) is 3.88. The summed E-state index contributed by atoms with van der Waals surface area (Å²) in [6.45, 7) is 0. The lowest BCUT2D eigenvalue weighted by Crippen LogP contribution is -2.45. The molecule has 2 unspecified atom stereocenters. The molecule has 7 aromatic carbocycles. The first kappa shape index (κ1) is 28.2. The monoisotopic (exact) mass is 659 g/mol. The first-order valence-corrected chi connectivity index (χ1v) is 17.2. The van der Waals surface area contributed by atoms with E-state index in [4.69, 9.17) is 18.2 Å². The minimum atomic E-state index is -0.318. The fraction of sp³-hybridized carbons (Fsp3) is 0.0444. The number of aliphatic imine (C=N–C) groups is 1. The molecule has 10 aromatic rings. The van der Waals surface area contributed by atoms with Crippen molar-refractivity contribution in [3.8, 4) is 11.1 Å². The fourth-order valence-electron chi connectivity index (χ4n) is 7.76. The molecule has 0 fully saturated rings. The summed E-state index contributed by atoms with van der Waals surface area (Å²) in [5.74, 6) is 0.768. The highest BCUT2D eigenvalue weighted by molar-refractivity contribution is 6.17. The number of nitrogens with one attached hydrogen (secondary N) is 2. The summed E-state index contributed by atoms with van der Waals surface area (Å²) in [6.07, 6.45) is -0.502. The number of nitrogens with zero attached hydrogens (tertiary/aromatic N) is 1. The summed E-state index contributed by atoms with van der Waals surface area (Å²) in [4.78, 5) is 5.31. The van der Waals surface area contributed by atoms with Crippen molar-refractivity contribution in [2.45, 2.75) is 12.3 Å². The van der Waals surface area contributed by atoms with Crippen molar-refractivity contribution in [3.63, 3.8) is 0 Å². The van der Waals surface area contributed by atoms with Crippen LogP contribution in [0.1, 0.15) is 29.0 Å². The second-order valence-electron chi connectivity index (χ2n) is 13.2. The summed E-state index contributed by atoms with van der Waals surface area (Å²) < 4.78 is 19.1. The van der Waals surface area contributed by atoms with Gasteiger partial charge in [-0.3, -0.25) is 5.32 Å². The molecule has 6 heteroatoms. The van der Waals surface area contributed by atoms with Crippen molar-refractivity contribution in [1.82, 2.24) is 10.6 Å². The predicted octanol–water partition coefficient (Wildman–Crippen LogP) is 11.4. The summed E-state index contributed by atoms with van der Waals surface area (Å²) in [7, 11) is 0. The van der Waals surface area contributed by atoms with E-state index in [-0.39, 0.29) is 12.3 Å². The standard InChI is InChI=1S/C45H29N3O3/c1-2-10-26(11-3-1)43-46-44(28-21-23-38-35(24-28)30-12-4-6-17-36(30)49-38)48-45(47-43)34-16-8-15-32-31-22-20-27(25-40(31)51-42(32)34)29-14-9-19-39-41(29)33-13-5-7-18-37(33)50-39/h1-25,43-44,46H,(H,47,48). The molecule has 3 aromatic heterocycles. The van der Waals surface area contributed by atoms with Crippen molar-refractivity contribution in [2.75, 3.05) is 0 Å². The zero-order chi connectivity index (χ0) is 33.5. The van der Waals surface area contributed by atoms with Crippen molar-refractivity contribution >= 4 is 71.7 Å². The molecular weight excluding hydrogens is 631 g/mol. The van der Waals surface area contributed by atoms with Crippen molar-refractivity contribution < 1.29 is 13.3 Å². The topological polar surface area (TPSA) is 75.8 Å². The van der Waals surface area contributed by atoms with Crippen LogP contribution in [-0.2, 0) is 0 Å². The summed E-state index contributed by atoms with van der Waals surface area (Å²) in [6, 6.07) is 52.2. The second kappa shape index (κ2) is 10.9. The molecule has 1 aliphatic heterocycles. The van der Waals surface area contributed by atoms with E-state index >= 15 is 0 Å². The lowest BCUT2D eigenvalue weighted by atomic mass is 9.98. The maximum absolute atomic E-state index is 6.78. The molecule has 0 spiro atoms. The molecule has 0 saturated heterocycles. The third-order valence-corrected chi connectivity index (χ3v) is 10.2. The van der Waals surface area contributed by atoms with Crippen LogP contribution in [-0.4, -0.2) is 5.84 Å². The highest BCUT2D eigenvalue weighted by Crippen LogP contribution is 2.40. The van der Waals surface area contributed by atoms with Crippen LogP contribution in [0.3, 0.4) is 0 Å². The number of fused-ring (bicyclic) bond motifs is 9. The van der Waals surface area contributed by atoms with Gasteiger partial charge in [-0.1, -0.05) is 103 Å². The first-order chi connectivity index (χ1) is 25.2. The molecular formula is C45H29N3O3. The van der Waals surface area contributed by atoms with Crippen LogP contribution in [0.2, 0.25) is 0 Å². The van der Waals surface area contributed by atoms with Crippen LogP contribution in [0.5, 0.6) is 0 Å². The number of para-hydroxylation sites is 3. The molecule has 51 heavy (non-hydrogen) atoms. The normalized spacial score (nSPS) is 16.4. The van der Waals surface area contributed by atoms with E-state index in [1.165, 1.54) is 0 Å². The summed E-state index contributed by atoms with van der Waals surface area (Å²) in [5, 5.41) is 13.9. The van der Waals surface area contributed by atoms with Gasteiger partial charge >= 0.3 is 0 Å². The number of amidine groups is 1. The van der Waals surface area contributed by atoms with Gasteiger partial charge in [-0.25, -0.2) is 4.99 Å². The highest BCUT2D eigenvalue weighted by Gasteiger charge is 2.28. The highest BCUT2D eigenvalue weighted by atomic mass is 16.3. The van der Waals surface area contributed by atoms with Crippen molar-refractivity contribution in [3.05, 3.63) is 168 Å². The molecule has 2 atom stereocenters. The Balaban J connectivity index is 1.06. The Bertz CT molecular complexity index is 3000. The van der Waals surface area contributed by atoms with Crippen molar-refractivity contribution in [2.24, 2.45) is 4.99 Å². The Hall–Kier alpha value is -6.63. The van der Waals surface area contributed by atoms with Crippen LogP contribution in [0.25, 0.3) is 76.9 Å². The maximum Gasteiger partial charge on any atom is 0.146 e. The lowest BCUT2D eigenvalue weighted by molar-refractivity contribution is 0.409. The number of furan rings is 3. The molecule has 0 amide bonds. The molecule has 11 rings (SSSR count). The van der Waals surface area contributed by atoms with E-state index < -0.39 is 0 Å². The predicted molar refractivity (Wildman–Crippen MR) is 205 cm³/mol. The maximum atomic E-state index is 6.78. The number of hydrogen-bond donors (Lipinski definition) is 2. The Morgan fingerprint density at radius 1 is 0.451 bits per heavy atom. The third-order valence-electron chi connectivity index (χ3n) is 10.2. The minimum Gasteiger partial charge on any atom is -0.456 e. The molecule has 0 bridgehead atoms. The Kier molecular flexibility index (Phi) is 6.05. The van der Waals surface area contributed by atoms with Crippen LogP contribution in [0.15, 0.2) is 170 Å². The van der Waals surface area contributed by atoms with Crippen molar-refractivity contribution in [1.29, 1.82) is 0 Å². The van der Waals surface area contributed by atoms with E-state index in [9.17, 15) is 0 Å². The average molecular weight is 660 g/mol. The Morgan fingerprint density at radius 3 is 2.04 bits per heavy atom. The van der Waals surface area contributed by atoms with Gasteiger partial charge in [0.2, 0.25) is 0 Å². The smallest absolute Gasteiger partial charge is 0.146 e. The van der Waals surface area contributed by atoms with Crippen LogP contribution >= 0.6 is 0 Å². The lowest BCUT2D eigenvalue weighted by Gasteiger charge is -2.32. The third kappa shape index (κ3) is 4.43. The van der Waals surface area contributed by atoms with Crippen LogP contribution in [0, 0.1) is 0 Å². The van der Waals surface area contributed by atoms with Gasteiger partial charge in [-0.2, -0.15) is 0 Å². The van der Waals surface area contributed by atoms with E-state index in [2.05, 4.69) is 108 Å². The van der Waals surface area contributed by atoms with Crippen LogP contribution < -0.4 is 10.6 Å². The first-order valence-electron chi connectivity index (χ1n) is 17.2. The van der Waals surface area contributed by atoms with Gasteiger partial charge < -0.3 is 18.6 Å². The van der Waals surface area contributed by atoms with Gasteiger partial charge in [0.1, 0.15) is 51.7 Å². The van der Waals surface area contributed by atoms with E-state index in [1.54, 1.807) is 0 Å². The number of rotatable bonds is 4. The van der Waals surface area contributed by atoms with Gasteiger partial charge in [0.15, 0.2) is 0 Å². The van der Waals surface area contributed by atoms with E-state index in [0.29, 0.717) is 0 Å². The molecule has 1 aliphatic rings. The van der Waals surface area contributed by atoms with Crippen LogP contribution in [0.4, 0.5) is 0 Å². The van der Waals surface area contributed by atoms with Gasteiger partial charge in [-0.05, 0) is 70.8 Å². The quantitative estimate of drug-likeness (QED) is 0.197. The summed E-state index contributed by atoms with van der Waals surface area (Å²) >= 11 is 0. The SMILES string of the molecule is c1ccc(C2NC(c3cccc4c3oc3cc(-c5cccc6oc7ccccc7c56)ccc34)=NC(c3ccc4oc5ccccc5c4c3)N2)cc1. The van der Waals surface area contributed by atoms with E-state index in [1.807, 2.05) is 54.6 Å². The second-order valence-corrected chi connectivity index (χ2v) is 13.2. The Morgan fingerprint density at radius 2 is 1.14 bits per heavy atom. The number of hydrogen-bond acceptors (Lipinski definition) is 6. The molecule has 2 N–H and O–H groups in total. The van der Waals surface area contributed by atoms with Gasteiger partial charge in [0.25, 0.3) is 0 Å². The van der Waals surface area contributed by atoms with E-state index in [0.717, 1.165) is 99.5 Å².